The molecule has 1 N–H and O–H groups in total. The van der Waals surface area contributed by atoms with Gasteiger partial charge in [0.25, 0.3) is 5.69 Å². The Morgan fingerprint density at radius 3 is 2.26 bits per heavy atom. The van der Waals surface area contributed by atoms with E-state index in [1.165, 1.54) is 30.3 Å². The number of nitro benzene ring substituents is 2. The molecule has 0 saturated heterocycles. The second kappa shape index (κ2) is 9.72. The number of halogens is 2. The van der Waals surface area contributed by atoms with Gasteiger partial charge in [-0.15, -0.1) is 0 Å². The first-order valence-corrected chi connectivity index (χ1v) is 9.59. The van der Waals surface area contributed by atoms with Gasteiger partial charge in [0.1, 0.15) is 11.5 Å². The van der Waals surface area contributed by atoms with E-state index in [4.69, 9.17) is 0 Å². The monoisotopic (exact) mass is 484 g/mol. The van der Waals surface area contributed by atoms with Crippen LogP contribution in [0.15, 0.2) is 82.4 Å². The van der Waals surface area contributed by atoms with Crippen molar-refractivity contribution in [2.75, 3.05) is 5.43 Å². The van der Waals surface area contributed by atoms with Crippen molar-refractivity contribution in [2.24, 2.45) is 5.10 Å². The molecule has 0 aliphatic heterocycles. The zero-order valence-corrected chi connectivity index (χ0v) is 17.3. The molecule has 0 aliphatic rings. The third-order valence-corrected chi connectivity index (χ3v) is 4.66. The fourth-order valence-electron chi connectivity index (χ4n) is 2.57. The standard InChI is InChI=1S/C21H14BrFN4O4/c22-16-6-1-14(2-7-16)3-11-19(15-4-8-17(23)9-5-15)24-25-20-12-10-18(26(28)29)13-21(20)27(30)31/h1-13,25H/b11-3+,24-19-. The van der Waals surface area contributed by atoms with Crippen LogP contribution in [-0.4, -0.2) is 15.6 Å². The molecule has 31 heavy (non-hydrogen) atoms. The molecule has 0 atom stereocenters. The average molecular weight is 485 g/mol. The van der Waals surface area contributed by atoms with Crippen LogP contribution in [0.4, 0.5) is 21.5 Å². The number of allylic oxidation sites excluding steroid dienone is 1. The van der Waals surface area contributed by atoms with E-state index in [1.807, 2.05) is 24.3 Å². The van der Waals surface area contributed by atoms with E-state index >= 15 is 0 Å². The number of anilines is 1. The van der Waals surface area contributed by atoms with Gasteiger partial charge in [0.05, 0.1) is 21.6 Å². The molecule has 0 radical (unpaired) electrons. The van der Waals surface area contributed by atoms with E-state index in [0.717, 1.165) is 22.2 Å². The normalized spacial score (nSPS) is 11.5. The van der Waals surface area contributed by atoms with Gasteiger partial charge in [-0.1, -0.05) is 34.1 Å². The Hall–Kier alpha value is -3.92. The number of non-ortho nitro benzene ring substituents is 1. The van der Waals surface area contributed by atoms with Crippen molar-refractivity contribution in [3.8, 4) is 0 Å². The SMILES string of the molecule is O=[N+]([O-])c1ccc(N/N=C(/C=C/c2ccc(Br)cc2)c2ccc(F)cc2)c([N+](=O)[O-])c1. The highest BCUT2D eigenvalue weighted by Gasteiger charge is 2.19. The van der Waals surface area contributed by atoms with Crippen LogP contribution < -0.4 is 5.43 Å². The van der Waals surface area contributed by atoms with Gasteiger partial charge >= 0.3 is 5.69 Å². The predicted molar refractivity (Wildman–Crippen MR) is 119 cm³/mol. The van der Waals surface area contributed by atoms with E-state index in [0.29, 0.717) is 11.3 Å². The van der Waals surface area contributed by atoms with Crippen LogP contribution in [0.3, 0.4) is 0 Å². The zero-order chi connectivity index (χ0) is 22.4. The molecule has 0 heterocycles. The first-order chi connectivity index (χ1) is 14.8. The summed E-state index contributed by atoms with van der Waals surface area (Å²) in [6.45, 7) is 0. The van der Waals surface area contributed by atoms with Crippen LogP contribution in [-0.2, 0) is 0 Å². The molecule has 8 nitrogen and oxygen atoms in total. The van der Waals surface area contributed by atoms with Crippen molar-refractivity contribution in [3.05, 3.63) is 114 Å². The topological polar surface area (TPSA) is 111 Å². The van der Waals surface area contributed by atoms with Crippen molar-refractivity contribution in [1.29, 1.82) is 0 Å². The van der Waals surface area contributed by atoms with Crippen LogP contribution in [0, 0.1) is 26.0 Å². The lowest BCUT2D eigenvalue weighted by Crippen LogP contribution is -2.04. The first-order valence-electron chi connectivity index (χ1n) is 8.79. The lowest BCUT2D eigenvalue weighted by atomic mass is 10.1. The Bertz CT molecular complexity index is 1180. The summed E-state index contributed by atoms with van der Waals surface area (Å²) >= 11 is 3.36. The maximum atomic E-state index is 13.3. The summed E-state index contributed by atoms with van der Waals surface area (Å²) in [6, 6.07) is 16.3. The molecule has 0 saturated carbocycles. The third-order valence-electron chi connectivity index (χ3n) is 4.13. The summed E-state index contributed by atoms with van der Waals surface area (Å²) in [7, 11) is 0. The molecule has 3 rings (SSSR count). The molecule has 0 fully saturated rings. The van der Waals surface area contributed by atoms with E-state index in [9.17, 15) is 24.6 Å². The Kier molecular flexibility index (Phi) is 6.83. The van der Waals surface area contributed by atoms with Gasteiger partial charge in [0.15, 0.2) is 0 Å². The van der Waals surface area contributed by atoms with Gasteiger partial charge in [-0.2, -0.15) is 5.10 Å². The summed E-state index contributed by atoms with van der Waals surface area (Å²) in [4.78, 5) is 20.8. The maximum absolute atomic E-state index is 13.3. The van der Waals surface area contributed by atoms with Crippen molar-refractivity contribution < 1.29 is 14.2 Å². The van der Waals surface area contributed by atoms with Gasteiger partial charge in [-0.05, 0) is 54.1 Å². The number of nitrogens with zero attached hydrogens (tertiary/aromatic N) is 3. The van der Waals surface area contributed by atoms with Gasteiger partial charge in [-0.3, -0.25) is 25.7 Å². The highest BCUT2D eigenvalue weighted by molar-refractivity contribution is 9.10. The fourth-order valence-corrected chi connectivity index (χ4v) is 2.83. The minimum Gasteiger partial charge on any atom is -0.271 e. The van der Waals surface area contributed by atoms with Gasteiger partial charge in [-0.25, -0.2) is 4.39 Å². The van der Waals surface area contributed by atoms with Gasteiger partial charge in [0.2, 0.25) is 0 Å². The highest BCUT2D eigenvalue weighted by atomic mass is 79.9. The molecule has 0 amide bonds. The number of hydrogen-bond acceptors (Lipinski definition) is 6. The van der Waals surface area contributed by atoms with E-state index < -0.39 is 27.0 Å². The third kappa shape index (κ3) is 5.80. The smallest absolute Gasteiger partial charge is 0.271 e. The van der Waals surface area contributed by atoms with Gasteiger partial charge < -0.3 is 0 Å². The molecule has 0 bridgehead atoms. The summed E-state index contributed by atoms with van der Waals surface area (Å²) < 4.78 is 14.2. The van der Waals surface area contributed by atoms with Crippen LogP contribution in [0.2, 0.25) is 0 Å². The van der Waals surface area contributed by atoms with E-state index in [-0.39, 0.29) is 5.69 Å². The summed E-state index contributed by atoms with van der Waals surface area (Å²) in [5.74, 6) is -0.418. The molecule has 156 valence electrons. The van der Waals surface area contributed by atoms with Crippen molar-refractivity contribution >= 4 is 44.8 Å². The Morgan fingerprint density at radius 1 is 0.968 bits per heavy atom. The summed E-state index contributed by atoms with van der Waals surface area (Å²) in [5, 5.41) is 26.4. The number of rotatable bonds is 7. The summed E-state index contributed by atoms with van der Waals surface area (Å²) in [6.07, 6.45) is 3.45. The van der Waals surface area contributed by atoms with Crippen LogP contribution in [0.5, 0.6) is 0 Å². The van der Waals surface area contributed by atoms with Crippen molar-refractivity contribution in [3.63, 3.8) is 0 Å². The largest absolute Gasteiger partial charge is 0.301 e. The summed E-state index contributed by atoms with van der Waals surface area (Å²) in [5.41, 5.74) is 3.48. The van der Waals surface area contributed by atoms with Gasteiger partial charge in [0, 0.05) is 16.1 Å². The Balaban J connectivity index is 1.97. The maximum Gasteiger partial charge on any atom is 0.301 e. The molecule has 0 spiro atoms. The molecule has 0 aliphatic carbocycles. The second-order valence-corrected chi connectivity index (χ2v) is 7.13. The molecule has 0 aromatic heterocycles. The Morgan fingerprint density at radius 2 is 1.65 bits per heavy atom. The number of hydrogen-bond donors (Lipinski definition) is 1. The van der Waals surface area contributed by atoms with Crippen molar-refractivity contribution in [2.45, 2.75) is 0 Å². The zero-order valence-electron chi connectivity index (χ0n) is 15.7. The minimum absolute atomic E-state index is 0.0211. The quantitative estimate of drug-likeness (QED) is 0.253. The fraction of sp³-hybridized carbons (Fsp3) is 0. The van der Waals surface area contributed by atoms with Crippen LogP contribution in [0.1, 0.15) is 11.1 Å². The molecule has 0 unspecified atom stereocenters. The highest BCUT2D eigenvalue weighted by Crippen LogP contribution is 2.29. The molecule has 10 heteroatoms. The van der Waals surface area contributed by atoms with E-state index in [2.05, 4.69) is 26.5 Å². The number of nitrogens with one attached hydrogen (secondary N) is 1. The average Bonchev–Trinajstić information content (AvgIpc) is 2.75. The second-order valence-electron chi connectivity index (χ2n) is 6.22. The van der Waals surface area contributed by atoms with E-state index in [1.54, 1.807) is 12.2 Å². The van der Waals surface area contributed by atoms with Crippen LogP contribution in [0.25, 0.3) is 6.08 Å². The first kappa shape index (κ1) is 21.8. The molecule has 3 aromatic carbocycles. The Labute approximate surface area is 184 Å². The number of benzene rings is 3. The molecular formula is C21H14BrFN4O4. The minimum atomic E-state index is -0.736. The predicted octanol–water partition coefficient (Wildman–Crippen LogP) is 5.93. The lowest BCUT2D eigenvalue weighted by Gasteiger charge is -2.06. The molecular weight excluding hydrogens is 471 g/mol. The van der Waals surface area contributed by atoms with Crippen LogP contribution >= 0.6 is 15.9 Å². The number of nitro groups is 2. The molecule has 3 aromatic rings. The number of hydrazone groups is 1. The van der Waals surface area contributed by atoms with Crippen molar-refractivity contribution in [1.82, 2.24) is 0 Å². The lowest BCUT2D eigenvalue weighted by molar-refractivity contribution is -0.393.